The molecule has 0 amide bonds. The van der Waals surface area contributed by atoms with Crippen molar-refractivity contribution in [1.82, 2.24) is 0 Å². The molecule has 0 saturated heterocycles. The lowest BCUT2D eigenvalue weighted by atomic mass is 9.89. The Kier molecular flexibility index (Phi) is 3.23. The van der Waals surface area contributed by atoms with Crippen molar-refractivity contribution in [2.75, 3.05) is 14.2 Å². The van der Waals surface area contributed by atoms with Gasteiger partial charge in [0.15, 0.2) is 0 Å². The molecule has 2 nitrogen and oxygen atoms in total. The van der Waals surface area contributed by atoms with E-state index in [1.807, 2.05) is 6.07 Å². The second-order valence-electron chi connectivity index (χ2n) is 5.10. The molecule has 0 heterocycles. The fraction of sp³-hybridized carbons (Fsp3) is 0.222. The summed E-state index contributed by atoms with van der Waals surface area (Å²) in [5, 5.41) is 0. The number of hydrogen-bond acceptors (Lipinski definition) is 2. The van der Waals surface area contributed by atoms with E-state index in [9.17, 15) is 0 Å². The van der Waals surface area contributed by atoms with Crippen molar-refractivity contribution in [2.45, 2.75) is 12.8 Å². The minimum atomic E-state index is 0.287. The van der Waals surface area contributed by atoms with E-state index in [0.717, 1.165) is 11.5 Å². The average Bonchev–Trinajstić information content (AvgIpc) is 2.82. The summed E-state index contributed by atoms with van der Waals surface area (Å²) >= 11 is 0. The minimum Gasteiger partial charge on any atom is -0.497 e. The van der Waals surface area contributed by atoms with Gasteiger partial charge in [0.1, 0.15) is 11.5 Å². The predicted octanol–water partition coefficient (Wildman–Crippen LogP) is 4.25. The number of methoxy groups -OCH3 is 2. The molecule has 1 aliphatic rings. The fourth-order valence-corrected chi connectivity index (χ4v) is 2.92. The van der Waals surface area contributed by atoms with Gasteiger partial charge in [0.2, 0.25) is 0 Å². The average molecular weight is 266 g/mol. The number of benzene rings is 2. The molecule has 2 aromatic carbocycles. The first kappa shape index (κ1) is 12.8. The quantitative estimate of drug-likeness (QED) is 0.826. The fourth-order valence-electron chi connectivity index (χ4n) is 2.92. The summed E-state index contributed by atoms with van der Waals surface area (Å²) in [5.74, 6) is 1.95. The normalized spacial score (nSPS) is 16.6. The van der Waals surface area contributed by atoms with Gasteiger partial charge in [0.25, 0.3) is 0 Å². The molecule has 3 rings (SSSR count). The SMILES string of the molecule is COc1cc(OC)cc(C2C(C)=Cc3ccccc32)c1. The molecular formula is C18H18O2. The highest BCUT2D eigenvalue weighted by Gasteiger charge is 2.24. The van der Waals surface area contributed by atoms with Gasteiger partial charge in [0, 0.05) is 12.0 Å². The van der Waals surface area contributed by atoms with Crippen LogP contribution in [0.3, 0.4) is 0 Å². The zero-order valence-corrected chi connectivity index (χ0v) is 12.0. The molecule has 1 unspecified atom stereocenters. The Labute approximate surface area is 119 Å². The lowest BCUT2D eigenvalue weighted by molar-refractivity contribution is 0.393. The van der Waals surface area contributed by atoms with Crippen molar-refractivity contribution >= 4 is 6.08 Å². The highest BCUT2D eigenvalue weighted by atomic mass is 16.5. The molecule has 2 aromatic rings. The maximum Gasteiger partial charge on any atom is 0.122 e. The lowest BCUT2D eigenvalue weighted by Crippen LogP contribution is -2.01. The summed E-state index contributed by atoms with van der Waals surface area (Å²) in [5.41, 5.74) is 5.21. The van der Waals surface area contributed by atoms with Crippen molar-refractivity contribution in [3.63, 3.8) is 0 Å². The summed E-state index contributed by atoms with van der Waals surface area (Å²) in [7, 11) is 3.37. The molecule has 1 aliphatic carbocycles. The second kappa shape index (κ2) is 5.04. The third kappa shape index (κ3) is 2.07. The monoisotopic (exact) mass is 266 g/mol. The molecular weight excluding hydrogens is 248 g/mol. The molecule has 2 heteroatoms. The van der Waals surface area contributed by atoms with Gasteiger partial charge in [-0.2, -0.15) is 0 Å². The Balaban J connectivity index is 2.12. The molecule has 0 aromatic heterocycles. The van der Waals surface area contributed by atoms with Gasteiger partial charge in [-0.3, -0.25) is 0 Å². The maximum atomic E-state index is 5.38. The first-order valence-electron chi connectivity index (χ1n) is 6.73. The minimum absolute atomic E-state index is 0.287. The Morgan fingerprint density at radius 3 is 2.20 bits per heavy atom. The van der Waals surface area contributed by atoms with E-state index in [4.69, 9.17) is 9.47 Å². The van der Waals surface area contributed by atoms with Crippen LogP contribution in [0.5, 0.6) is 11.5 Å². The zero-order valence-electron chi connectivity index (χ0n) is 12.0. The molecule has 0 bridgehead atoms. The van der Waals surface area contributed by atoms with E-state index in [2.05, 4.69) is 49.4 Å². The van der Waals surface area contributed by atoms with E-state index in [0.29, 0.717) is 0 Å². The van der Waals surface area contributed by atoms with Gasteiger partial charge in [-0.05, 0) is 35.7 Å². The number of fused-ring (bicyclic) bond motifs is 1. The largest absolute Gasteiger partial charge is 0.497 e. The molecule has 0 saturated carbocycles. The molecule has 1 atom stereocenters. The van der Waals surface area contributed by atoms with E-state index in [1.54, 1.807) is 14.2 Å². The van der Waals surface area contributed by atoms with Crippen LogP contribution in [0.4, 0.5) is 0 Å². The van der Waals surface area contributed by atoms with Crippen LogP contribution in [-0.2, 0) is 0 Å². The number of ether oxygens (including phenoxy) is 2. The van der Waals surface area contributed by atoms with Gasteiger partial charge in [-0.25, -0.2) is 0 Å². The van der Waals surface area contributed by atoms with Gasteiger partial charge < -0.3 is 9.47 Å². The standard InChI is InChI=1S/C18H18O2/c1-12-8-13-6-4-5-7-17(13)18(12)14-9-15(19-2)11-16(10-14)20-3/h4-11,18H,1-3H3. The Hall–Kier alpha value is -2.22. The number of rotatable bonds is 3. The zero-order chi connectivity index (χ0) is 14.1. The van der Waals surface area contributed by atoms with Crippen LogP contribution in [0.25, 0.3) is 6.08 Å². The second-order valence-corrected chi connectivity index (χ2v) is 5.10. The highest BCUT2D eigenvalue weighted by Crippen LogP contribution is 2.42. The summed E-state index contributed by atoms with van der Waals surface area (Å²) in [4.78, 5) is 0. The van der Waals surface area contributed by atoms with Crippen molar-refractivity contribution in [2.24, 2.45) is 0 Å². The van der Waals surface area contributed by atoms with E-state index < -0.39 is 0 Å². The van der Waals surface area contributed by atoms with Gasteiger partial charge >= 0.3 is 0 Å². The van der Waals surface area contributed by atoms with Crippen LogP contribution in [0.2, 0.25) is 0 Å². The Morgan fingerprint density at radius 1 is 0.900 bits per heavy atom. The van der Waals surface area contributed by atoms with Crippen LogP contribution in [-0.4, -0.2) is 14.2 Å². The molecule has 0 radical (unpaired) electrons. The van der Waals surface area contributed by atoms with E-state index in [1.165, 1.54) is 22.3 Å². The molecule has 102 valence electrons. The highest BCUT2D eigenvalue weighted by molar-refractivity contribution is 5.69. The van der Waals surface area contributed by atoms with Crippen LogP contribution < -0.4 is 9.47 Å². The van der Waals surface area contributed by atoms with Crippen molar-refractivity contribution in [3.05, 3.63) is 64.7 Å². The summed E-state index contributed by atoms with van der Waals surface area (Å²) < 4.78 is 10.8. The van der Waals surface area contributed by atoms with Gasteiger partial charge in [-0.15, -0.1) is 0 Å². The van der Waals surface area contributed by atoms with Crippen molar-refractivity contribution < 1.29 is 9.47 Å². The van der Waals surface area contributed by atoms with Crippen LogP contribution in [0, 0.1) is 0 Å². The van der Waals surface area contributed by atoms with E-state index in [-0.39, 0.29) is 5.92 Å². The topological polar surface area (TPSA) is 18.5 Å². The van der Waals surface area contributed by atoms with E-state index >= 15 is 0 Å². The van der Waals surface area contributed by atoms with Crippen LogP contribution in [0.15, 0.2) is 48.0 Å². The van der Waals surface area contributed by atoms with Crippen LogP contribution in [0.1, 0.15) is 29.5 Å². The molecule has 0 aliphatic heterocycles. The Bertz CT molecular complexity index is 649. The molecule has 20 heavy (non-hydrogen) atoms. The predicted molar refractivity (Wildman–Crippen MR) is 81.5 cm³/mol. The third-order valence-electron chi connectivity index (χ3n) is 3.85. The number of allylic oxidation sites excluding steroid dienone is 1. The van der Waals surface area contributed by atoms with Gasteiger partial charge in [-0.1, -0.05) is 35.9 Å². The van der Waals surface area contributed by atoms with Gasteiger partial charge in [0.05, 0.1) is 14.2 Å². The Morgan fingerprint density at radius 2 is 1.55 bits per heavy atom. The molecule has 0 spiro atoms. The molecule has 0 fully saturated rings. The van der Waals surface area contributed by atoms with Crippen molar-refractivity contribution in [1.29, 1.82) is 0 Å². The van der Waals surface area contributed by atoms with Crippen LogP contribution >= 0.6 is 0 Å². The first-order valence-corrected chi connectivity index (χ1v) is 6.73. The smallest absolute Gasteiger partial charge is 0.122 e. The summed E-state index contributed by atoms with van der Waals surface area (Å²) in [6.07, 6.45) is 2.26. The third-order valence-corrected chi connectivity index (χ3v) is 3.85. The summed E-state index contributed by atoms with van der Waals surface area (Å²) in [6.45, 7) is 2.18. The lowest BCUT2D eigenvalue weighted by Gasteiger charge is -2.17. The maximum absolute atomic E-state index is 5.38. The summed E-state index contributed by atoms with van der Waals surface area (Å²) in [6, 6.07) is 14.6. The first-order chi connectivity index (χ1) is 9.72. The van der Waals surface area contributed by atoms with Crippen molar-refractivity contribution in [3.8, 4) is 11.5 Å². The molecule has 0 N–H and O–H groups in total. The number of hydrogen-bond donors (Lipinski definition) is 0.